The zero-order valence-corrected chi connectivity index (χ0v) is 3.36. The summed E-state index contributed by atoms with van der Waals surface area (Å²) in [7, 11) is 0. The predicted octanol–water partition coefficient (Wildman–Crippen LogP) is 1.34. The van der Waals surface area contributed by atoms with E-state index in [0.29, 0.717) is 0 Å². The van der Waals surface area contributed by atoms with E-state index in [1.165, 1.54) is 0 Å². The first-order valence-corrected chi connectivity index (χ1v) is 1.43. The summed E-state index contributed by atoms with van der Waals surface area (Å²) in [5.74, 6) is 0. The standard InChI is InChI=1S/C2ClS/c3-1-2-4. The van der Waals surface area contributed by atoms with E-state index in [4.69, 9.17) is 11.6 Å². The number of rotatable bonds is 0. The number of halogens is 1. The van der Waals surface area contributed by atoms with Gasteiger partial charge in [-0.3, -0.25) is 0 Å². The molecule has 0 atom stereocenters. The van der Waals surface area contributed by atoms with Gasteiger partial charge in [0.25, 0.3) is 0 Å². The minimum Gasteiger partial charge on any atom is -0.0217 e. The van der Waals surface area contributed by atoms with Gasteiger partial charge in [-0.2, -0.15) is 0 Å². The third-order valence-electron chi connectivity index (χ3n) is 0.0386. The molecule has 0 rings (SSSR count). The van der Waals surface area contributed by atoms with Crippen LogP contribution in [0.3, 0.4) is 0 Å². The quantitative estimate of drug-likeness (QED) is 0.395. The molecular formula is C2ClS. The maximum absolute atomic E-state index is 4.72. The molecule has 0 saturated heterocycles. The van der Waals surface area contributed by atoms with E-state index in [2.05, 4.69) is 12.6 Å². The van der Waals surface area contributed by atoms with E-state index in [1.54, 1.807) is 0 Å². The Kier molecular flexibility index (Phi) is 3.12. The van der Waals surface area contributed by atoms with Crippen LogP contribution in [0, 0.1) is 10.6 Å². The zero-order valence-electron chi connectivity index (χ0n) is 1.79. The SMILES string of the molecule is [S]C#CCl. The van der Waals surface area contributed by atoms with Crippen molar-refractivity contribution in [3.8, 4) is 10.6 Å². The summed E-state index contributed by atoms with van der Waals surface area (Å²) >= 11 is 8.78. The molecule has 0 N–H and O–H groups in total. The Labute approximate surface area is 35.6 Å². The highest BCUT2D eigenvalue weighted by Crippen LogP contribution is 1.63. The molecule has 1 radical (unpaired) electrons. The van der Waals surface area contributed by atoms with Gasteiger partial charge in [0.1, 0.15) is 0 Å². The minimum absolute atomic E-state index is 1.97. The van der Waals surface area contributed by atoms with Gasteiger partial charge in [-0.25, -0.2) is 0 Å². The lowest BCUT2D eigenvalue weighted by molar-refractivity contribution is 3.02. The average molecular weight is 91.5 g/mol. The van der Waals surface area contributed by atoms with Crippen LogP contribution in [0.2, 0.25) is 0 Å². The van der Waals surface area contributed by atoms with Gasteiger partial charge in [-0.15, -0.1) is 0 Å². The highest BCUT2D eigenvalue weighted by atomic mass is 35.5. The van der Waals surface area contributed by atoms with Crippen molar-refractivity contribution in [2.75, 3.05) is 0 Å². The zero-order chi connectivity index (χ0) is 3.41. The summed E-state index contributed by atoms with van der Waals surface area (Å²) in [5.41, 5.74) is 0. The molecule has 4 heavy (non-hydrogen) atoms. The van der Waals surface area contributed by atoms with Crippen LogP contribution in [0.25, 0.3) is 0 Å². The van der Waals surface area contributed by atoms with Gasteiger partial charge >= 0.3 is 0 Å². The van der Waals surface area contributed by atoms with Crippen molar-refractivity contribution in [2.45, 2.75) is 0 Å². The average Bonchev–Trinajstić information content (AvgIpc) is 1.37. The fourth-order valence-electron chi connectivity index (χ4n) is 0. The first-order chi connectivity index (χ1) is 1.91. The Bertz CT molecular complexity index is 42.8. The monoisotopic (exact) mass is 90.9 g/mol. The molecule has 0 aromatic rings. The van der Waals surface area contributed by atoms with Crippen LogP contribution in [-0.2, 0) is 0 Å². The lowest BCUT2D eigenvalue weighted by Crippen LogP contribution is -1.13. The van der Waals surface area contributed by atoms with Gasteiger partial charge < -0.3 is 0 Å². The van der Waals surface area contributed by atoms with Crippen molar-refractivity contribution in [3.05, 3.63) is 0 Å². The summed E-state index contributed by atoms with van der Waals surface area (Å²) in [6, 6.07) is 0. The minimum atomic E-state index is 1.97. The molecule has 21 valence electrons. The summed E-state index contributed by atoms with van der Waals surface area (Å²) in [6.07, 6.45) is 0. The van der Waals surface area contributed by atoms with Crippen molar-refractivity contribution in [2.24, 2.45) is 0 Å². The smallest absolute Gasteiger partial charge is 0.0210 e. The predicted molar refractivity (Wildman–Crippen MR) is 21.2 cm³/mol. The lowest BCUT2D eigenvalue weighted by Gasteiger charge is -1.32. The van der Waals surface area contributed by atoms with Crippen LogP contribution in [0.1, 0.15) is 0 Å². The van der Waals surface area contributed by atoms with Crippen LogP contribution in [0.5, 0.6) is 0 Å². The maximum Gasteiger partial charge on any atom is 0.0210 e. The summed E-state index contributed by atoms with van der Waals surface area (Å²) in [5, 5.41) is 4.00. The first-order valence-electron chi connectivity index (χ1n) is 0.643. The van der Waals surface area contributed by atoms with Crippen molar-refractivity contribution in [3.63, 3.8) is 0 Å². The van der Waals surface area contributed by atoms with Gasteiger partial charge in [0.2, 0.25) is 0 Å². The van der Waals surface area contributed by atoms with Gasteiger partial charge in [0, 0.05) is 10.6 Å². The van der Waals surface area contributed by atoms with Gasteiger partial charge in [0.05, 0.1) is 0 Å². The van der Waals surface area contributed by atoms with Crippen molar-refractivity contribution in [1.29, 1.82) is 0 Å². The van der Waals surface area contributed by atoms with Crippen LogP contribution >= 0.6 is 24.2 Å². The summed E-state index contributed by atoms with van der Waals surface area (Å²) in [6.45, 7) is 0. The number of hydrogen-bond acceptors (Lipinski definition) is 0. The Balaban J connectivity index is 2.83. The van der Waals surface area contributed by atoms with Crippen LogP contribution in [0.15, 0.2) is 0 Å². The molecule has 0 aliphatic heterocycles. The fourth-order valence-corrected chi connectivity index (χ4v) is 0. The van der Waals surface area contributed by atoms with E-state index in [1.807, 2.05) is 10.6 Å². The summed E-state index contributed by atoms with van der Waals surface area (Å²) in [4.78, 5) is 0. The van der Waals surface area contributed by atoms with E-state index in [0.717, 1.165) is 0 Å². The van der Waals surface area contributed by atoms with Crippen molar-refractivity contribution < 1.29 is 0 Å². The molecule has 0 spiro atoms. The molecule has 2 heteroatoms. The Morgan fingerprint density at radius 3 is 2.00 bits per heavy atom. The Morgan fingerprint density at radius 1 is 1.75 bits per heavy atom. The molecule has 0 aliphatic rings. The molecule has 0 bridgehead atoms. The first kappa shape index (κ1) is 4.07. The molecule has 0 amide bonds. The van der Waals surface area contributed by atoms with E-state index in [-0.39, 0.29) is 0 Å². The van der Waals surface area contributed by atoms with E-state index < -0.39 is 0 Å². The van der Waals surface area contributed by atoms with E-state index in [9.17, 15) is 0 Å². The largest absolute Gasteiger partial charge is 0.0217 e. The molecule has 0 aromatic carbocycles. The van der Waals surface area contributed by atoms with Crippen LogP contribution in [0.4, 0.5) is 0 Å². The Morgan fingerprint density at radius 2 is 2.00 bits per heavy atom. The maximum atomic E-state index is 4.72. The molecule has 0 unspecified atom stereocenters. The third-order valence-corrected chi connectivity index (χ3v) is 0.347. The summed E-state index contributed by atoms with van der Waals surface area (Å²) < 4.78 is 0. The third kappa shape index (κ3) is 2.07. The molecule has 0 saturated carbocycles. The van der Waals surface area contributed by atoms with E-state index >= 15 is 0 Å². The second-order valence-corrected chi connectivity index (χ2v) is 0.590. The Hall–Kier alpha value is 0.0700. The number of hydrogen-bond donors (Lipinski definition) is 0. The van der Waals surface area contributed by atoms with Gasteiger partial charge in [0.15, 0.2) is 0 Å². The second-order valence-electron chi connectivity index (χ2n) is 0.197. The van der Waals surface area contributed by atoms with Gasteiger partial charge in [-0.1, -0.05) is 0 Å². The molecule has 0 fully saturated rings. The highest BCUT2D eigenvalue weighted by Gasteiger charge is 1.34. The normalized spacial score (nSPS) is 3.25. The second kappa shape index (κ2) is 3.07. The lowest BCUT2D eigenvalue weighted by atomic mass is 11.4. The molecule has 0 aromatic heterocycles. The topological polar surface area (TPSA) is 0 Å². The molecule has 0 heterocycles. The highest BCUT2D eigenvalue weighted by molar-refractivity contribution is 7.85. The van der Waals surface area contributed by atoms with Crippen LogP contribution in [-0.4, -0.2) is 0 Å². The fraction of sp³-hybridized carbons (Fsp3) is 0. The van der Waals surface area contributed by atoms with Crippen molar-refractivity contribution >= 4 is 24.2 Å². The molecule has 0 aliphatic carbocycles. The van der Waals surface area contributed by atoms with Gasteiger partial charge in [-0.05, 0) is 24.2 Å². The van der Waals surface area contributed by atoms with Crippen LogP contribution < -0.4 is 0 Å². The van der Waals surface area contributed by atoms with Crippen molar-refractivity contribution in [1.82, 2.24) is 0 Å². The molecular weight excluding hydrogens is 91.5 g/mol. The molecule has 0 nitrogen and oxygen atoms in total.